The zero-order chi connectivity index (χ0) is 25.4. The molecule has 3 heterocycles. The number of fused-ring (bicyclic) bond motifs is 2. The van der Waals surface area contributed by atoms with E-state index in [4.69, 9.17) is 4.74 Å². The molecule has 0 spiro atoms. The lowest BCUT2D eigenvalue weighted by molar-refractivity contribution is -0.143. The molecule has 0 fully saturated rings. The van der Waals surface area contributed by atoms with Crippen molar-refractivity contribution in [3.8, 4) is 0 Å². The van der Waals surface area contributed by atoms with Gasteiger partial charge in [0.25, 0.3) is 0 Å². The van der Waals surface area contributed by atoms with Gasteiger partial charge < -0.3 is 9.72 Å². The second-order valence-electron chi connectivity index (χ2n) is 9.23. The van der Waals surface area contributed by atoms with E-state index in [9.17, 15) is 9.59 Å². The van der Waals surface area contributed by atoms with Crippen molar-refractivity contribution in [1.29, 1.82) is 0 Å². The van der Waals surface area contributed by atoms with Gasteiger partial charge >= 0.3 is 11.7 Å². The van der Waals surface area contributed by atoms with Crippen LogP contribution in [-0.4, -0.2) is 31.7 Å². The van der Waals surface area contributed by atoms with Gasteiger partial charge in [0.2, 0.25) is 0 Å². The molecular weight excluding hydrogens is 452 g/mol. The van der Waals surface area contributed by atoms with Gasteiger partial charge in [-0.25, -0.2) is 9.78 Å². The fourth-order valence-electron chi connectivity index (χ4n) is 5.30. The number of aromatic amines is 1. The predicted molar refractivity (Wildman–Crippen MR) is 141 cm³/mol. The van der Waals surface area contributed by atoms with Crippen LogP contribution in [0.15, 0.2) is 71.8 Å². The van der Waals surface area contributed by atoms with Crippen molar-refractivity contribution in [3.63, 3.8) is 0 Å². The van der Waals surface area contributed by atoms with Crippen LogP contribution in [0.2, 0.25) is 0 Å². The first-order valence-electron chi connectivity index (χ1n) is 12.3. The number of aromatic nitrogens is 4. The summed E-state index contributed by atoms with van der Waals surface area (Å²) in [6, 6.07) is 16.8. The molecule has 2 unspecified atom stereocenters. The first-order valence-corrected chi connectivity index (χ1v) is 12.3. The molecule has 0 saturated heterocycles. The maximum atomic E-state index is 14.2. The highest BCUT2D eigenvalue weighted by Gasteiger charge is 2.28. The van der Waals surface area contributed by atoms with E-state index >= 15 is 0 Å². The van der Waals surface area contributed by atoms with Crippen molar-refractivity contribution in [2.45, 2.75) is 46.2 Å². The van der Waals surface area contributed by atoms with Crippen LogP contribution in [0, 0.1) is 13.8 Å². The largest absolute Gasteiger partial charge is 0.466 e. The van der Waals surface area contributed by atoms with Crippen LogP contribution in [-0.2, 0) is 9.53 Å². The lowest BCUT2D eigenvalue weighted by Crippen LogP contribution is -2.31. The summed E-state index contributed by atoms with van der Waals surface area (Å²) in [5.41, 5.74) is 6.33. The third kappa shape index (κ3) is 4.00. The number of esters is 1. The van der Waals surface area contributed by atoms with Crippen LogP contribution < -0.4 is 5.69 Å². The van der Waals surface area contributed by atoms with Crippen molar-refractivity contribution in [3.05, 3.63) is 99.7 Å². The average molecular weight is 483 g/mol. The number of nitrogens with one attached hydrogen (secondary N) is 1. The zero-order valence-electron chi connectivity index (χ0n) is 21.0. The summed E-state index contributed by atoms with van der Waals surface area (Å²) in [6.07, 6.45) is 3.70. The summed E-state index contributed by atoms with van der Waals surface area (Å²) >= 11 is 0. The highest BCUT2D eigenvalue weighted by molar-refractivity contribution is 5.88. The molecule has 7 heteroatoms. The fraction of sp³-hybridized carbons (Fsp3) is 0.276. The van der Waals surface area contributed by atoms with Crippen LogP contribution in [0.5, 0.6) is 0 Å². The number of hydrogen-bond acceptors (Lipinski definition) is 4. The molecular formula is C29H30N4O3. The quantitative estimate of drug-likeness (QED) is 0.313. The van der Waals surface area contributed by atoms with Crippen molar-refractivity contribution < 1.29 is 9.53 Å². The van der Waals surface area contributed by atoms with E-state index in [2.05, 4.69) is 35.9 Å². The topological polar surface area (TPSA) is 81.9 Å². The Bertz CT molecular complexity index is 1610. The minimum absolute atomic E-state index is 0.0350. The van der Waals surface area contributed by atoms with Gasteiger partial charge in [0.05, 0.1) is 30.6 Å². The summed E-state index contributed by atoms with van der Waals surface area (Å²) in [5, 5.41) is 1.12. The molecule has 3 aromatic heterocycles. The Kier molecular flexibility index (Phi) is 6.22. The van der Waals surface area contributed by atoms with Crippen molar-refractivity contribution >= 4 is 28.0 Å². The van der Waals surface area contributed by atoms with Crippen LogP contribution in [0.4, 0.5) is 0 Å². The number of H-pyrrole nitrogens is 1. The van der Waals surface area contributed by atoms with Gasteiger partial charge in [0.1, 0.15) is 0 Å². The number of ether oxygens (including phenoxy) is 1. The molecule has 0 aliphatic heterocycles. The molecule has 7 nitrogen and oxygen atoms in total. The molecule has 0 bridgehead atoms. The lowest BCUT2D eigenvalue weighted by Gasteiger charge is -2.18. The van der Waals surface area contributed by atoms with E-state index in [0.717, 1.165) is 33.1 Å². The number of pyridine rings is 1. The molecule has 0 amide bonds. The Morgan fingerprint density at radius 3 is 2.61 bits per heavy atom. The van der Waals surface area contributed by atoms with E-state index in [1.807, 2.05) is 55.6 Å². The molecule has 36 heavy (non-hydrogen) atoms. The second-order valence-corrected chi connectivity index (χ2v) is 9.23. The Morgan fingerprint density at radius 2 is 1.86 bits per heavy atom. The van der Waals surface area contributed by atoms with Gasteiger partial charge in [-0.15, -0.1) is 0 Å². The number of benzene rings is 2. The number of rotatable bonds is 7. The summed E-state index contributed by atoms with van der Waals surface area (Å²) < 4.78 is 8.69. The Hall–Kier alpha value is -4.13. The highest BCUT2D eigenvalue weighted by Crippen LogP contribution is 2.32. The van der Waals surface area contributed by atoms with Gasteiger partial charge in [-0.2, -0.15) is 0 Å². The maximum absolute atomic E-state index is 14.2. The molecule has 5 rings (SSSR count). The number of hydrogen-bond donors (Lipinski definition) is 1. The third-order valence-corrected chi connectivity index (χ3v) is 6.82. The molecule has 2 aromatic carbocycles. The van der Waals surface area contributed by atoms with E-state index in [1.54, 1.807) is 22.3 Å². The normalized spacial score (nSPS) is 13.2. The van der Waals surface area contributed by atoms with E-state index in [0.29, 0.717) is 5.65 Å². The summed E-state index contributed by atoms with van der Waals surface area (Å²) in [7, 11) is 0. The monoisotopic (exact) mass is 482 g/mol. The molecule has 2 atom stereocenters. The number of imidazole rings is 1. The number of carbonyl (C=O) groups excluding carboxylic acids is 1. The van der Waals surface area contributed by atoms with E-state index in [1.165, 1.54) is 5.56 Å². The summed E-state index contributed by atoms with van der Waals surface area (Å²) in [6.45, 7) is 8.27. The smallest absolute Gasteiger partial charge is 0.331 e. The van der Waals surface area contributed by atoms with E-state index in [-0.39, 0.29) is 30.7 Å². The number of nitrogens with zero attached hydrogens (tertiary/aromatic N) is 3. The maximum Gasteiger partial charge on any atom is 0.331 e. The SMILES string of the molecule is CCOC(=O)CC(c1ccccc1)n1c(=O)n(C(C)c2c[nH]c3cc(C)cc(C)c23)c2cccnc21. The summed E-state index contributed by atoms with van der Waals surface area (Å²) in [4.78, 5) is 34.8. The van der Waals surface area contributed by atoms with Crippen molar-refractivity contribution in [2.75, 3.05) is 6.61 Å². The average Bonchev–Trinajstić information content (AvgIpc) is 3.41. The minimum atomic E-state index is -0.545. The number of aryl methyl sites for hydroxylation is 2. The van der Waals surface area contributed by atoms with Crippen molar-refractivity contribution in [1.82, 2.24) is 19.1 Å². The van der Waals surface area contributed by atoms with Crippen LogP contribution in [0.25, 0.3) is 22.1 Å². The first-order chi connectivity index (χ1) is 17.4. The van der Waals surface area contributed by atoms with Gasteiger partial charge in [0, 0.05) is 28.9 Å². The second kappa shape index (κ2) is 9.49. The summed E-state index contributed by atoms with van der Waals surface area (Å²) in [5.74, 6) is -0.356. The van der Waals surface area contributed by atoms with Crippen LogP contribution >= 0.6 is 0 Å². The molecule has 0 saturated carbocycles. The molecule has 5 aromatic rings. The molecule has 1 N–H and O–H groups in total. The third-order valence-electron chi connectivity index (χ3n) is 6.82. The molecule has 184 valence electrons. The van der Waals surface area contributed by atoms with Gasteiger partial charge in [-0.1, -0.05) is 36.4 Å². The first kappa shape index (κ1) is 23.6. The molecule has 0 radical (unpaired) electrons. The van der Waals surface area contributed by atoms with Gasteiger partial charge in [-0.05, 0) is 62.6 Å². The molecule has 0 aliphatic rings. The van der Waals surface area contributed by atoms with Gasteiger partial charge in [0.15, 0.2) is 5.65 Å². The Balaban J connectivity index is 1.72. The Morgan fingerprint density at radius 1 is 1.08 bits per heavy atom. The minimum Gasteiger partial charge on any atom is -0.466 e. The van der Waals surface area contributed by atoms with Crippen LogP contribution in [0.3, 0.4) is 0 Å². The molecule has 0 aliphatic carbocycles. The number of carbonyl (C=O) groups is 1. The fourth-order valence-corrected chi connectivity index (χ4v) is 5.30. The highest BCUT2D eigenvalue weighted by atomic mass is 16.5. The predicted octanol–water partition coefficient (Wildman–Crippen LogP) is 5.45. The van der Waals surface area contributed by atoms with Crippen LogP contribution in [0.1, 0.15) is 54.6 Å². The Labute approximate surface area is 209 Å². The standard InChI is InChI=1S/C29H30N4O3/c1-5-36-26(34)16-25(21-10-7-6-8-11-21)33-28-24(12-9-13-30-28)32(29(33)35)20(4)22-17-31-23-15-18(2)14-19(3)27(22)23/h6-15,17,20,25,31H,5,16H2,1-4H3. The zero-order valence-corrected chi connectivity index (χ0v) is 21.0. The van der Waals surface area contributed by atoms with E-state index < -0.39 is 6.04 Å². The van der Waals surface area contributed by atoms with Crippen molar-refractivity contribution in [2.24, 2.45) is 0 Å². The lowest BCUT2D eigenvalue weighted by atomic mass is 10.0. The van der Waals surface area contributed by atoms with Gasteiger partial charge in [-0.3, -0.25) is 13.9 Å².